The number of hydrogen-bond donors (Lipinski definition) is 1. The Morgan fingerprint density at radius 2 is 1.91 bits per heavy atom. The van der Waals surface area contributed by atoms with Crippen molar-refractivity contribution in [2.75, 3.05) is 0 Å². The van der Waals surface area contributed by atoms with Crippen LogP contribution < -0.4 is 11.2 Å². The molecule has 1 aromatic carbocycles. The minimum absolute atomic E-state index is 0.0908. The number of ether oxygens (including phenoxy) is 1. The largest absolute Gasteiger partial charge is 0.457 e. The van der Waals surface area contributed by atoms with Gasteiger partial charge in [-0.2, -0.15) is 0 Å². The maximum atomic E-state index is 12.7. The van der Waals surface area contributed by atoms with E-state index in [2.05, 4.69) is 9.97 Å². The van der Waals surface area contributed by atoms with Gasteiger partial charge in [0.15, 0.2) is 11.2 Å². The first-order valence-electron chi connectivity index (χ1n) is 10.6. The molecule has 0 saturated heterocycles. The van der Waals surface area contributed by atoms with Gasteiger partial charge >= 0.3 is 11.7 Å². The summed E-state index contributed by atoms with van der Waals surface area (Å²) in [5.41, 5.74) is 1.04. The van der Waals surface area contributed by atoms with E-state index in [4.69, 9.17) is 9.15 Å². The van der Waals surface area contributed by atoms with Crippen LogP contribution in [0.15, 0.2) is 56.7 Å². The summed E-state index contributed by atoms with van der Waals surface area (Å²) in [6.07, 6.45) is 3.09. The first-order chi connectivity index (χ1) is 15.5. The van der Waals surface area contributed by atoms with Gasteiger partial charge in [-0.25, -0.2) is 14.6 Å². The molecule has 0 atom stereocenters. The van der Waals surface area contributed by atoms with Gasteiger partial charge in [-0.05, 0) is 25.0 Å². The third kappa shape index (κ3) is 3.89. The Bertz CT molecular complexity index is 1360. The molecule has 0 saturated carbocycles. The summed E-state index contributed by atoms with van der Waals surface area (Å²) in [5, 5.41) is 0. The molecule has 0 aliphatic carbocycles. The standard InChI is InChI=1S/C23H24N4O5/c1-3-5-12-27-20-18(21(28)25-23(27)30)26(4-2)17(24-20)14-32-22(29)19-16(11-13-31-19)15-9-7-6-8-10-15/h6-11,13H,3-5,12,14H2,1-2H3,(H,25,28,30). The molecule has 4 rings (SSSR count). The summed E-state index contributed by atoms with van der Waals surface area (Å²) in [4.78, 5) is 44.4. The Labute approximate surface area is 183 Å². The molecule has 0 fully saturated rings. The molecular weight excluding hydrogens is 412 g/mol. The normalized spacial score (nSPS) is 11.2. The van der Waals surface area contributed by atoms with Crippen LogP contribution in [0, 0.1) is 0 Å². The van der Waals surface area contributed by atoms with Crippen molar-refractivity contribution in [3.8, 4) is 11.1 Å². The lowest BCUT2D eigenvalue weighted by molar-refractivity contribution is 0.0423. The van der Waals surface area contributed by atoms with E-state index in [1.807, 2.05) is 44.2 Å². The number of furan rings is 1. The number of benzene rings is 1. The Morgan fingerprint density at radius 1 is 1.12 bits per heavy atom. The van der Waals surface area contributed by atoms with Crippen molar-refractivity contribution < 1.29 is 13.9 Å². The van der Waals surface area contributed by atoms with Gasteiger partial charge in [0.2, 0.25) is 5.76 Å². The highest BCUT2D eigenvalue weighted by Crippen LogP contribution is 2.25. The number of unbranched alkanes of at least 4 members (excludes halogenated alkanes) is 1. The van der Waals surface area contributed by atoms with Crippen LogP contribution in [0.4, 0.5) is 0 Å². The number of aromatic amines is 1. The molecule has 0 spiro atoms. The molecule has 0 aliphatic heterocycles. The fourth-order valence-electron chi connectivity index (χ4n) is 3.70. The lowest BCUT2D eigenvalue weighted by Gasteiger charge is -2.07. The van der Waals surface area contributed by atoms with Crippen molar-refractivity contribution in [2.24, 2.45) is 0 Å². The van der Waals surface area contributed by atoms with Crippen LogP contribution >= 0.6 is 0 Å². The number of H-pyrrole nitrogens is 1. The molecule has 1 N–H and O–H groups in total. The lowest BCUT2D eigenvalue weighted by Crippen LogP contribution is -2.31. The number of nitrogens with one attached hydrogen (secondary N) is 1. The monoisotopic (exact) mass is 436 g/mol. The van der Waals surface area contributed by atoms with Gasteiger partial charge in [0.1, 0.15) is 12.4 Å². The molecule has 9 nitrogen and oxygen atoms in total. The van der Waals surface area contributed by atoms with Gasteiger partial charge in [0.05, 0.1) is 6.26 Å². The third-order valence-corrected chi connectivity index (χ3v) is 5.28. The van der Waals surface area contributed by atoms with Crippen molar-refractivity contribution >= 4 is 17.1 Å². The van der Waals surface area contributed by atoms with Gasteiger partial charge < -0.3 is 13.7 Å². The van der Waals surface area contributed by atoms with Crippen molar-refractivity contribution in [3.05, 3.63) is 75.1 Å². The highest BCUT2D eigenvalue weighted by Gasteiger charge is 2.22. The summed E-state index contributed by atoms with van der Waals surface area (Å²) >= 11 is 0. The van der Waals surface area contributed by atoms with Crippen LogP contribution in [0.3, 0.4) is 0 Å². The van der Waals surface area contributed by atoms with Gasteiger partial charge in [-0.15, -0.1) is 0 Å². The first-order valence-corrected chi connectivity index (χ1v) is 10.6. The van der Waals surface area contributed by atoms with Crippen molar-refractivity contribution in [3.63, 3.8) is 0 Å². The number of aromatic nitrogens is 4. The van der Waals surface area contributed by atoms with Crippen LogP contribution in [0.1, 0.15) is 43.1 Å². The van der Waals surface area contributed by atoms with E-state index in [-0.39, 0.29) is 17.9 Å². The fourth-order valence-corrected chi connectivity index (χ4v) is 3.70. The highest BCUT2D eigenvalue weighted by molar-refractivity contribution is 5.94. The second kappa shape index (κ2) is 9.09. The number of carbonyl (C=O) groups is 1. The second-order valence-electron chi connectivity index (χ2n) is 7.31. The molecule has 0 unspecified atom stereocenters. The molecule has 4 aromatic rings. The Kier molecular flexibility index (Phi) is 6.07. The van der Waals surface area contributed by atoms with E-state index in [1.54, 1.807) is 10.6 Å². The van der Waals surface area contributed by atoms with E-state index >= 15 is 0 Å². The zero-order chi connectivity index (χ0) is 22.7. The molecular formula is C23H24N4O5. The quantitative estimate of drug-likeness (QED) is 0.424. The number of fused-ring (bicyclic) bond motifs is 1. The summed E-state index contributed by atoms with van der Waals surface area (Å²) < 4.78 is 14.0. The number of hydrogen-bond acceptors (Lipinski definition) is 6. The first kappa shape index (κ1) is 21.4. The van der Waals surface area contributed by atoms with E-state index in [9.17, 15) is 14.4 Å². The van der Waals surface area contributed by atoms with Crippen molar-refractivity contribution in [1.29, 1.82) is 0 Å². The van der Waals surface area contributed by atoms with Crippen LogP contribution in [0.25, 0.3) is 22.3 Å². The predicted molar refractivity (Wildman–Crippen MR) is 118 cm³/mol. The number of aryl methyl sites for hydroxylation is 2. The van der Waals surface area contributed by atoms with Crippen LogP contribution in [0.2, 0.25) is 0 Å². The summed E-state index contributed by atoms with van der Waals surface area (Å²) in [5.74, 6) is -0.168. The molecule has 166 valence electrons. The Morgan fingerprint density at radius 3 is 2.62 bits per heavy atom. The van der Waals surface area contributed by atoms with Crippen molar-refractivity contribution in [1.82, 2.24) is 19.1 Å². The number of nitrogens with zero attached hydrogens (tertiary/aromatic N) is 3. The van der Waals surface area contributed by atoms with Gasteiger partial charge in [0.25, 0.3) is 5.56 Å². The minimum atomic E-state index is -0.638. The molecule has 0 aliphatic rings. The van der Waals surface area contributed by atoms with Gasteiger partial charge in [-0.1, -0.05) is 43.7 Å². The van der Waals surface area contributed by atoms with E-state index in [1.165, 1.54) is 10.8 Å². The summed E-state index contributed by atoms with van der Waals surface area (Å²) in [6.45, 7) is 4.57. The van der Waals surface area contributed by atoms with Crippen LogP contribution in [-0.4, -0.2) is 25.1 Å². The number of rotatable bonds is 8. The summed E-state index contributed by atoms with van der Waals surface area (Å²) in [7, 11) is 0. The second-order valence-corrected chi connectivity index (χ2v) is 7.31. The van der Waals surface area contributed by atoms with Gasteiger partial charge in [-0.3, -0.25) is 14.3 Å². The maximum Gasteiger partial charge on any atom is 0.375 e. The third-order valence-electron chi connectivity index (χ3n) is 5.28. The molecule has 0 radical (unpaired) electrons. The Hall–Kier alpha value is -3.88. The zero-order valence-electron chi connectivity index (χ0n) is 18.0. The molecule has 0 amide bonds. The Balaban J connectivity index is 1.65. The van der Waals surface area contributed by atoms with Gasteiger partial charge in [0, 0.05) is 18.7 Å². The number of esters is 1. The van der Waals surface area contributed by atoms with Crippen molar-refractivity contribution in [2.45, 2.75) is 46.4 Å². The average Bonchev–Trinajstić information content (AvgIpc) is 3.43. The molecule has 3 heterocycles. The zero-order valence-corrected chi connectivity index (χ0v) is 18.0. The van der Waals surface area contributed by atoms with Crippen LogP contribution in [0.5, 0.6) is 0 Å². The smallest absolute Gasteiger partial charge is 0.375 e. The fraction of sp³-hybridized carbons (Fsp3) is 0.304. The minimum Gasteiger partial charge on any atom is -0.457 e. The molecule has 9 heteroatoms. The van der Waals surface area contributed by atoms with E-state index in [0.29, 0.717) is 30.1 Å². The average molecular weight is 436 g/mol. The van der Waals surface area contributed by atoms with Crippen LogP contribution in [-0.2, 0) is 24.4 Å². The molecule has 32 heavy (non-hydrogen) atoms. The SMILES string of the molecule is CCCCn1c(=O)[nH]c(=O)c2c1nc(COC(=O)c1occc1-c1ccccc1)n2CC. The summed E-state index contributed by atoms with van der Waals surface area (Å²) in [6, 6.07) is 11.1. The topological polar surface area (TPSA) is 112 Å². The molecule has 0 bridgehead atoms. The maximum absolute atomic E-state index is 12.7. The van der Waals surface area contributed by atoms with E-state index in [0.717, 1.165) is 18.4 Å². The molecule has 3 aromatic heterocycles. The lowest BCUT2D eigenvalue weighted by atomic mass is 10.1. The highest BCUT2D eigenvalue weighted by atomic mass is 16.5. The number of carbonyl (C=O) groups excluding carboxylic acids is 1. The van der Waals surface area contributed by atoms with E-state index < -0.39 is 17.2 Å². The predicted octanol–water partition coefficient (Wildman–Crippen LogP) is 3.32. The number of imidazole rings is 1.